The first kappa shape index (κ1) is 13.3. The summed E-state index contributed by atoms with van der Waals surface area (Å²) in [6.07, 6.45) is 1.55. The normalized spacial score (nSPS) is 10.8. The van der Waals surface area contributed by atoms with E-state index in [9.17, 15) is 0 Å². The van der Waals surface area contributed by atoms with Crippen LogP contribution in [0.15, 0.2) is 24.5 Å². The first-order chi connectivity index (χ1) is 8.70. The van der Waals surface area contributed by atoms with Crippen molar-refractivity contribution in [2.75, 3.05) is 6.54 Å². The van der Waals surface area contributed by atoms with Crippen molar-refractivity contribution in [3.05, 3.63) is 46.0 Å². The molecule has 0 radical (unpaired) electrons. The second-order valence-electron chi connectivity index (χ2n) is 3.85. The number of nitrogens with one attached hydrogen (secondary N) is 1. The highest BCUT2D eigenvalue weighted by atomic mass is 35.5. The number of aromatic nitrogens is 3. The summed E-state index contributed by atoms with van der Waals surface area (Å²) in [5, 5.41) is 8.71. The Morgan fingerprint density at radius 1 is 1.33 bits per heavy atom. The van der Waals surface area contributed by atoms with Gasteiger partial charge in [-0.15, -0.1) is 0 Å². The Bertz CT molecular complexity index is 525. The van der Waals surface area contributed by atoms with Gasteiger partial charge in [0.15, 0.2) is 0 Å². The molecule has 18 heavy (non-hydrogen) atoms. The van der Waals surface area contributed by atoms with Gasteiger partial charge in [-0.2, -0.15) is 5.10 Å². The molecule has 96 valence electrons. The molecule has 0 aliphatic heterocycles. The third-order valence-corrected chi connectivity index (χ3v) is 3.15. The molecule has 0 saturated heterocycles. The molecule has 0 atom stereocenters. The Balaban J connectivity index is 2.15. The van der Waals surface area contributed by atoms with Crippen LogP contribution in [-0.4, -0.2) is 21.3 Å². The number of nitrogens with zero attached hydrogens (tertiary/aromatic N) is 3. The first-order valence-corrected chi connectivity index (χ1v) is 6.47. The maximum atomic E-state index is 6.14. The fourth-order valence-electron chi connectivity index (χ4n) is 1.61. The average Bonchev–Trinajstić information content (AvgIpc) is 2.77. The zero-order chi connectivity index (χ0) is 13.0. The van der Waals surface area contributed by atoms with Gasteiger partial charge < -0.3 is 5.32 Å². The lowest BCUT2D eigenvalue weighted by Gasteiger charge is -2.08. The molecular weight excluding hydrogens is 271 g/mol. The Hall–Kier alpha value is -1.10. The molecule has 1 aromatic carbocycles. The standard InChI is InChI=1S/C12H14Cl2N4/c1-2-15-6-12-16-8-17-18(12)7-9-3-4-10(13)5-11(9)14/h3-5,8,15H,2,6-7H2,1H3. The van der Waals surface area contributed by atoms with Crippen LogP contribution in [0.4, 0.5) is 0 Å². The van der Waals surface area contributed by atoms with Crippen LogP contribution in [0.3, 0.4) is 0 Å². The maximum Gasteiger partial charge on any atom is 0.141 e. The van der Waals surface area contributed by atoms with Crippen LogP contribution < -0.4 is 5.32 Å². The van der Waals surface area contributed by atoms with Crippen molar-refractivity contribution in [2.45, 2.75) is 20.0 Å². The minimum Gasteiger partial charge on any atom is -0.310 e. The van der Waals surface area contributed by atoms with Crippen LogP contribution in [0.1, 0.15) is 18.3 Å². The lowest BCUT2D eigenvalue weighted by molar-refractivity contribution is 0.596. The van der Waals surface area contributed by atoms with Gasteiger partial charge in [0.25, 0.3) is 0 Å². The van der Waals surface area contributed by atoms with Crippen molar-refractivity contribution in [1.82, 2.24) is 20.1 Å². The summed E-state index contributed by atoms with van der Waals surface area (Å²) in [7, 11) is 0. The predicted molar refractivity (Wildman–Crippen MR) is 73.0 cm³/mol. The predicted octanol–water partition coefficient (Wildman–Crippen LogP) is 2.74. The van der Waals surface area contributed by atoms with Gasteiger partial charge >= 0.3 is 0 Å². The summed E-state index contributed by atoms with van der Waals surface area (Å²) in [5.41, 5.74) is 0.976. The number of hydrogen-bond acceptors (Lipinski definition) is 3. The lowest BCUT2D eigenvalue weighted by Crippen LogP contribution is -2.17. The largest absolute Gasteiger partial charge is 0.310 e. The molecule has 0 fully saturated rings. The third-order valence-electron chi connectivity index (χ3n) is 2.56. The fraction of sp³-hybridized carbons (Fsp3) is 0.333. The van der Waals surface area contributed by atoms with Crippen molar-refractivity contribution in [1.29, 1.82) is 0 Å². The summed E-state index contributed by atoms with van der Waals surface area (Å²) >= 11 is 12.0. The van der Waals surface area contributed by atoms with Gasteiger partial charge in [0.1, 0.15) is 12.2 Å². The minimum absolute atomic E-state index is 0.594. The fourth-order valence-corrected chi connectivity index (χ4v) is 2.07. The van der Waals surface area contributed by atoms with Gasteiger partial charge in [0.2, 0.25) is 0 Å². The van der Waals surface area contributed by atoms with Crippen molar-refractivity contribution < 1.29 is 0 Å². The summed E-state index contributed by atoms with van der Waals surface area (Å²) in [5.74, 6) is 0.892. The van der Waals surface area contributed by atoms with Crippen LogP contribution in [0.25, 0.3) is 0 Å². The second kappa shape index (κ2) is 6.18. The first-order valence-electron chi connectivity index (χ1n) is 5.72. The van der Waals surface area contributed by atoms with E-state index in [-0.39, 0.29) is 0 Å². The van der Waals surface area contributed by atoms with Crippen molar-refractivity contribution in [3.8, 4) is 0 Å². The monoisotopic (exact) mass is 284 g/mol. The molecular formula is C12H14Cl2N4. The average molecular weight is 285 g/mol. The summed E-state index contributed by atoms with van der Waals surface area (Å²) in [6, 6.07) is 5.46. The van der Waals surface area contributed by atoms with Crippen LogP contribution in [0, 0.1) is 0 Å². The smallest absolute Gasteiger partial charge is 0.141 e. The van der Waals surface area contributed by atoms with E-state index in [4.69, 9.17) is 23.2 Å². The van der Waals surface area contributed by atoms with Gasteiger partial charge in [-0.3, -0.25) is 0 Å². The van der Waals surface area contributed by atoms with Gasteiger partial charge in [0.05, 0.1) is 13.1 Å². The van der Waals surface area contributed by atoms with Gasteiger partial charge in [-0.25, -0.2) is 9.67 Å². The molecule has 0 bridgehead atoms. The highest BCUT2D eigenvalue weighted by Crippen LogP contribution is 2.21. The molecule has 4 nitrogen and oxygen atoms in total. The summed E-state index contributed by atoms with van der Waals surface area (Å²) < 4.78 is 1.83. The Kier molecular flexibility index (Phi) is 4.58. The van der Waals surface area contributed by atoms with E-state index < -0.39 is 0 Å². The summed E-state index contributed by atoms with van der Waals surface area (Å²) in [6.45, 7) is 4.24. The molecule has 0 amide bonds. The molecule has 1 N–H and O–H groups in total. The molecule has 0 aliphatic rings. The molecule has 1 aromatic heterocycles. The molecule has 0 spiro atoms. The number of halogens is 2. The Morgan fingerprint density at radius 3 is 2.89 bits per heavy atom. The quantitative estimate of drug-likeness (QED) is 0.918. The van der Waals surface area contributed by atoms with E-state index in [0.717, 1.165) is 17.9 Å². The number of rotatable bonds is 5. The zero-order valence-electron chi connectivity index (χ0n) is 10.0. The lowest BCUT2D eigenvalue weighted by atomic mass is 10.2. The molecule has 0 unspecified atom stereocenters. The van der Waals surface area contributed by atoms with E-state index in [1.807, 2.05) is 16.8 Å². The van der Waals surface area contributed by atoms with E-state index >= 15 is 0 Å². The van der Waals surface area contributed by atoms with E-state index in [1.165, 1.54) is 0 Å². The molecule has 0 aliphatic carbocycles. The highest BCUT2D eigenvalue weighted by Gasteiger charge is 2.07. The van der Waals surface area contributed by atoms with Crippen molar-refractivity contribution >= 4 is 23.2 Å². The molecule has 0 saturated carbocycles. The Morgan fingerprint density at radius 2 is 2.17 bits per heavy atom. The molecule has 2 rings (SSSR count). The second-order valence-corrected chi connectivity index (χ2v) is 4.69. The van der Waals surface area contributed by atoms with Crippen LogP contribution in [-0.2, 0) is 13.1 Å². The topological polar surface area (TPSA) is 42.7 Å². The Labute approximate surface area is 116 Å². The van der Waals surface area contributed by atoms with Crippen LogP contribution in [0.2, 0.25) is 10.0 Å². The van der Waals surface area contributed by atoms with Crippen LogP contribution >= 0.6 is 23.2 Å². The highest BCUT2D eigenvalue weighted by molar-refractivity contribution is 6.35. The van der Waals surface area contributed by atoms with Gasteiger partial charge in [-0.05, 0) is 24.2 Å². The summed E-state index contributed by atoms with van der Waals surface area (Å²) in [4.78, 5) is 4.22. The van der Waals surface area contributed by atoms with Gasteiger partial charge in [-0.1, -0.05) is 36.2 Å². The molecule has 2 aromatic rings. The SMILES string of the molecule is CCNCc1ncnn1Cc1ccc(Cl)cc1Cl. The van der Waals surface area contributed by atoms with Crippen molar-refractivity contribution in [3.63, 3.8) is 0 Å². The van der Waals surface area contributed by atoms with Crippen LogP contribution in [0.5, 0.6) is 0 Å². The maximum absolute atomic E-state index is 6.14. The zero-order valence-corrected chi connectivity index (χ0v) is 11.5. The molecule has 1 heterocycles. The van der Waals surface area contributed by atoms with Gasteiger partial charge in [0, 0.05) is 10.0 Å². The molecule has 6 heteroatoms. The van der Waals surface area contributed by atoms with E-state index in [0.29, 0.717) is 23.1 Å². The number of hydrogen-bond donors (Lipinski definition) is 1. The third kappa shape index (κ3) is 3.22. The van der Waals surface area contributed by atoms with E-state index in [1.54, 1.807) is 12.4 Å². The van der Waals surface area contributed by atoms with E-state index in [2.05, 4.69) is 22.3 Å². The minimum atomic E-state index is 0.594. The van der Waals surface area contributed by atoms with Crippen molar-refractivity contribution in [2.24, 2.45) is 0 Å². The number of benzene rings is 1.